The minimum absolute atomic E-state index is 0. The van der Waals surface area contributed by atoms with Crippen LogP contribution in [0.3, 0.4) is 0 Å². The molecule has 0 saturated carbocycles. The van der Waals surface area contributed by atoms with Gasteiger partial charge >= 0.3 is 0 Å². The maximum Gasteiger partial charge on any atom is 0.235 e. The molecule has 20 heavy (non-hydrogen) atoms. The molecule has 0 saturated heterocycles. The molecule has 3 heterocycles. The smallest absolute Gasteiger partial charge is 0.235 e. The molecule has 100 valence electrons. The van der Waals surface area contributed by atoms with E-state index in [1.807, 2.05) is 0 Å². The van der Waals surface area contributed by atoms with Crippen LogP contribution in [0.5, 0.6) is 0 Å². The third-order valence-electron chi connectivity index (χ3n) is 3.99. The van der Waals surface area contributed by atoms with E-state index >= 15 is 0 Å². The quantitative estimate of drug-likeness (QED) is 0.459. The standard InChI is InChI=1S/C17H14N2.BrH/c1-11-9-16-17-14(7-8-19(16)10-12(11)2)13-5-3-4-6-15(13)18-17;/h3-10H,1-2H3;1H. The Balaban J connectivity index is 0.00000121. The van der Waals surface area contributed by atoms with Gasteiger partial charge in [0.25, 0.3) is 0 Å². The van der Waals surface area contributed by atoms with Crippen LogP contribution in [0.25, 0.3) is 27.3 Å². The van der Waals surface area contributed by atoms with Crippen molar-refractivity contribution in [2.24, 2.45) is 0 Å². The van der Waals surface area contributed by atoms with Crippen molar-refractivity contribution < 1.29 is 21.4 Å². The maximum absolute atomic E-state index is 3.55. The number of aromatic nitrogens is 2. The second-order valence-electron chi connectivity index (χ2n) is 5.21. The van der Waals surface area contributed by atoms with E-state index in [0.717, 1.165) is 0 Å². The molecule has 0 radical (unpaired) electrons. The fourth-order valence-corrected chi connectivity index (χ4v) is 2.79. The van der Waals surface area contributed by atoms with E-state index in [2.05, 4.69) is 72.0 Å². The number of aromatic amines is 1. The van der Waals surface area contributed by atoms with Crippen LogP contribution in [-0.4, -0.2) is 4.98 Å². The van der Waals surface area contributed by atoms with Gasteiger partial charge < -0.3 is 22.0 Å². The van der Waals surface area contributed by atoms with E-state index in [-0.39, 0.29) is 17.0 Å². The molecule has 1 aromatic carbocycles. The molecule has 1 N–H and O–H groups in total. The lowest BCUT2D eigenvalue weighted by molar-refractivity contribution is -0.511. The van der Waals surface area contributed by atoms with Gasteiger partial charge in [-0.15, -0.1) is 0 Å². The minimum Gasteiger partial charge on any atom is -1.00 e. The number of para-hydroxylation sites is 1. The highest BCUT2D eigenvalue weighted by molar-refractivity contribution is 6.10. The zero-order chi connectivity index (χ0) is 13.0. The number of fused-ring (bicyclic) bond motifs is 5. The van der Waals surface area contributed by atoms with Crippen LogP contribution in [0, 0.1) is 13.8 Å². The fraction of sp³-hybridized carbons (Fsp3) is 0.118. The number of benzene rings is 1. The average Bonchev–Trinajstić information content (AvgIpc) is 2.79. The third-order valence-corrected chi connectivity index (χ3v) is 3.99. The molecule has 0 unspecified atom stereocenters. The number of H-pyrrole nitrogens is 1. The number of halogens is 1. The Labute approximate surface area is 127 Å². The van der Waals surface area contributed by atoms with Gasteiger partial charge in [-0.05, 0) is 25.5 Å². The molecular weight excluding hydrogens is 312 g/mol. The molecule has 0 bridgehead atoms. The van der Waals surface area contributed by atoms with Crippen LogP contribution in [0.4, 0.5) is 0 Å². The van der Waals surface area contributed by atoms with Crippen molar-refractivity contribution in [3.05, 3.63) is 59.9 Å². The van der Waals surface area contributed by atoms with Gasteiger partial charge in [-0.2, -0.15) is 4.40 Å². The average molecular weight is 327 g/mol. The van der Waals surface area contributed by atoms with Gasteiger partial charge in [0.05, 0.1) is 0 Å². The Morgan fingerprint density at radius 2 is 1.75 bits per heavy atom. The van der Waals surface area contributed by atoms with Crippen LogP contribution < -0.4 is 21.4 Å². The van der Waals surface area contributed by atoms with E-state index in [4.69, 9.17) is 0 Å². The summed E-state index contributed by atoms with van der Waals surface area (Å²) in [7, 11) is 0. The van der Waals surface area contributed by atoms with Crippen LogP contribution >= 0.6 is 0 Å². The summed E-state index contributed by atoms with van der Waals surface area (Å²) < 4.78 is 2.19. The molecule has 3 aromatic heterocycles. The molecule has 0 aliphatic carbocycles. The Bertz CT molecular complexity index is 938. The van der Waals surface area contributed by atoms with Crippen molar-refractivity contribution in [3.8, 4) is 0 Å². The predicted molar refractivity (Wildman–Crippen MR) is 78.4 cm³/mol. The van der Waals surface area contributed by atoms with Gasteiger partial charge in [-0.3, -0.25) is 0 Å². The molecule has 4 rings (SSSR count). The molecule has 0 fully saturated rings. The molecule has 0 atom stereocenters. The minimum atomic E-state index is 0. The van der Waals surface area contributed by atoms with Crippen molar-refractivity contribution in [2.75, 3.05) is 0 Å². The summed E-state index contributed by atoms with van der Waals surface area (Å²) in [6, 6.07) is 12.9. The predicted octanol–water partition coefficient (Wildman–Crippen LogP) is 0.681. The first-order chi connectivity index (χ1) is 9.24. The van der Waals surface area contributed by atoms with E-state index in [9.17, 15) is 0 Å². The number of nitrogens with one attached hydrogen (secondary N) is 1. The molecule has 0 spiro atoms. The van der Waals surface area contributed by atoms with Gasteiger partial charge in [0, 0.05) is 34.0 Å². The Morgan fingerprint density at radius 1 is 0.950 bits per heavy atom. The number of hydrogen-bond acceptors (Lipinski definition) is 0. The second kappa shape index (κ2) is 4.60. The lowest BCUT2D eigenvalue weighted by Gasteiger charge is -1.98. The molecular formula is C17H15BrN2. The van der Waals surface area contributed by atoms with Gasteiger partial charge in [0.1, 0.15) is 5.52 Å². The molecule has 0 amide bonds. The maximum atomic E-state index is 3.55. The molecule has 0 aliphatic rings. The van der Waals surface area contributed by atoms with Crippen LogP contribution in [0.15, 0.2) is 48.8 Å². The largest absolute Gasteiger partial charge is 1.00 e. The summed E-state index contributed by atoms with van der Waals surface area (Å²) in [5, 5.41) is 2.58. The van der Waals surface area contributed by atoms with Gasteiger partial charge in [-0.1, -0.05) is 18.2 Å². The highest BCUT2D eigenvalue weighted by Crippen LogP contribution is 2.26. The first-order valence-electron chi connectivity index (χ1n) is 6.56. The first kappa shape index (κ1) is 13.1. The van der Waals surface area contributed by atoms with Gasteiger partial charge in [-0.25, -0.2) is 0 Å². The van der Waals surface area contributed by atoms with Crippen molar-refractivity contribution >= 4 is 27.3 Å². The van der Waals surface area contributed by atoms with E-state index in [0.29, 0.717) is 0 Å². The Morgan fingerprint density at radius 3 is 2.60 bits per heavy atom. The van der Waals surface area contributed by atoms with E-state index < -0.39 is 0 Å². The molecule has 2 nitrogen and oxygen atoms in total. The topological polar surface area (TPSA) is 19.9 Å². The van der Waals surface area contributed by atoms with Gasteiger partial charge in [0.15, 0.2) is 12.4 Å². The number of aryl methyl sites for hydroxylation is 2. The number of pyridine rings is 2. The number of rotatable bonds is 0. The van der Waals surface area contributed by atoms with E-state index in [1.165, 1.54) is 38.4 Å². The SMILES string of the molecule is Cc1cc2c3[nH]c4ccccc4c3cc[n+]2cc1C.[Br-]. The zero-order valence-corrected chi connectivity index (χ0v) is 13.0. The summed E-state index contributed by atoms with van der Waals surface area (Å²) in [6.07, 6.45) is 4.33. The van der Waals surface area contributed by atoms with Crippen molar-refractivity contribution in [3.63, 3.8) is 0 Å². The lowest BCUT2D eigenvalue weighted by Crippen LogP contribution is -3.00. The lowest BCUT2D eigenvalue weighted by atomic mass is 10.1. The van der Waals surface area contributed by atoms with Crippen molar-refractivity contribution in [2.45, 2.75) is 13.8 Å². The van der Waals surface area contributed by atoms with E-state index in [1.54, 1.807) is 0 Å². The summed E-state index contributed by atoms with van der Waals surface area (Å²) in [5.41, 5.74) is 6.28. The van der Waals surface area contributed by atoms with Crippen molar-refractivity contribution in [1.82, 2.24) is 4.98 Å². The first-order valence-corrected chi connectivity index (χ1v) is 6.56. The summed E-state index contributed by atoms with van der Waals surface area (Å²) in [5.74, 6) is 0. The highest BCUT2D eigenvalue weighted by atomic mass is 79.9. The fourth-order valence-electron chi connectivity index (χ4n) is 2.79. The number of hydrogen-bond donors (Lipinski definition) is 1. The van der Waals surface area contributed by atoms with Crippen LogP contribution in [0.1, 0.15) is 11.1 Å². The monoisotopic (exact) mass is 326 g/mol. The molecule has 3 heteroatoms. The summed E-state index contributed by atoms with van der Waals surface area (Å²) >= 11 is 0. The summed E-state index contributed by atoms with van der Waals surface area (Å²) in [4.78, 5) is 3.55. The summed E-state index contributed by atoms with van der Waals surface area (Å²) in [6.45, 7) is 4.31. The Kier molecular flexibility index (Phi) is 3.02. The zero-order valence-electron chi connectivity index (χ0n) is 11.4. The third kappa shape index (κ3) is 1.74. The second-order valence-corrected chi connectivity index (χ2v) is 5.21. The van der Waals surface area contributed by atoms with Crippen LogP contribution in [-0.2, 0) is 0 Å². The van der Waals surface area contributed by atoms with Gasteiger partial charge in [0.2, 0.25) is 5.52 Å². The number of nitrogens with zero attached hydrogens (tertiary/aromatic N) is 1. The molecule has 0 aliphatic heterocycles. The highest BCUT2D eigenvalue weighted by Gasteiger charge is 2.13. The Hall–Kier alpha value is -1.87. The van der Waals surface area contributed by atoms with Crippen LogP contribution in [0.2, 0.25) is 0 Å². The normalized spacial score (nSPS) is 11.1. The molecule has 4 aromatic rings. The van der Waals surface area contributed by atoms with Crippen molar-refractivity contribution in [1.29, 1.82) is 0 Å².